The smallest absolute Gasteiger partial charge is 0.269 e. The lowest BCUT2D eigenvalue weighted by Crippen LogP contribution is -2.56. The molecule has 2 aromatic rings. The van der Waals surface area contributed by atoms with Crippen molar-refractivity contribution in [2.45, 2.75) is 6.54 Å². The van der Waals surface area contributed by atoms with Gasteiger partial charge in [-0.2, -0.15) is 9.48 Å². The predicted octanol–water partition coefficient (Wildman–Crippen LogP) is 1.54. The first-order chi connectivity index (χ1) is 10.1. The number of imidazole rings is 1. The largest absolute Gasteiger partial charge is 0.498 e. The van der Waals surface area contributed by atoms with Crippen molar-refractivity contribution in [2.24, 2.45) is 4.99 Å². The molecule has 6 nitrogen and oxygen atoms in total. The fourth-order valence-corrected chi connectivity index (χ4v) is 3.41. The van der Waals surface area contributed by atoms with Gasteiger partial charge >= 0.3 is 0 Å². The van der Waals surface area contributed by atoms with Crippen LogP contribution in [0.25, 0.3) is 5.69 Å². The molecule has 0 saturated carbocycles. The van der Waals surface area contributed by atoms with Gasteiger partial charge in [0.15, 0.2) is 0 Å². The molecule has 2 aliphatic heterocycles. The lowest BCUT2D eigenvalue weighted by Gasteiger charge is -2.29. The Bertz CT molecular complexity index is 839. The number of halogens is 1. The van der Waals surface area contributed by atoms with Gasteiger partial charge in [0.25, 0.3) is 6.09 Å². The van der Waals surface area contributed by atoms with Gasteiger partial charge in [-0.1, -0.05) is 6.07 Å². The first-order valence-electron chi connectivity index (χ1n) is 6.29. The molecular formula is C14H9BrN4O2. The van der Waals surface area contributed by atoms with Crippen molar-refractivity contribution >= 4 is 27.9 Å². The Balaban J connectivity index is 2.12. The highest BCUT2D eigenvalue weighted by molar-refractivity contribution is 9.10. The summed E-state index contributed by atoms with van der Waals surface area (Å²) in [5, 5.41) is 11.8. The Morgan fingerprint density at radius 2 is 2.29 bits per heavy atom. The van der Waals surface area contributed by atoms with Crippen molar-refractivity contribution in [3.63, 3.8) is 0 Å². The van der Waals surface area contributed by atoms with Crippen LogP contribution in [0.1, 0.15) is 11.3 Å². The van der Waals surface area contributed by atoms with Crippen molar-refractivity contribution in [1.29, 1.82) is 0 Å². The quantitative estimate of drug-likeness (QED) is 0.680. The highest BCUT2D eigenvalue weighted by Gasteiger charge is 2.44. The SMILES string of the molecule is O=C([O-])[N+]12C=CN=C1c1cccc(Br)c1-n1cncc1C2. The normalized spacial score (nSPS) is 22.0. The van der Waals surface area contributed by atoms with Gasteiger partial charge in [-0.25, -0.2) is 4.98 Å². The number of amides is 1. The van der Waals surface area contributed by atoms with Crippen LogP contribution in [0.2, 0.25) is 0 Å². The van der Waals surface area contributed by atoms with Gasteiger partial charge in [-0.05, 0) is 28.1 Å². The lowest BCUT2D eigenvalue weighted by molar-refractivity contribution is -0.750. The van der Waals surface area contributed by atoms with E-state index < -0.39 is 10.6 Å². The van der Waals surface area contributed by atoms with Crippen molar-refractivity contribution in [1.82, 2.24) is 9.55 Å². The Labute approximate surface area is 128 Å². The fourth-order valence-electron chi connectivity index (χ4n) is 2.85. The molecular weight excluding hydrogens is 336 g/mol. The maximum Gasteiger partial charge on any atom is 0.269 e. The van der Waals surface area contributed by atoms with Gasteiger partial charge in [0.05, 0.1) is 35.7 Å². The first-order valence-corrected chi connectivity index (χ1v) is 7.09. The Morgan fingerprint density at radius 1 is 1.43 bits per heavy atom. The van der Waals surface area contributed by atoms with Crippen molar-refractivity contribution in [2.75, 3.05) is 0 Å². The molecule has 1 aromatic carbocycles. The summed E-state index contributed by atoms with van der Waals surface area (Å²) in [6, 6.07) is 5.62. The zero-order valence-electron chi connectivity index (χ0n) is 10.7. The van der Waals surface area contributed by atoms with Crippen molar-refractivity contribution in [3.8, 4) is 5.69 Å². The molecule has 21 heavy (non-hydrogen) atoms. The van der Waals surface area contributed by atoms with E-state index in [1.165, 1.54) is 12.4 Å². The summed E-state index contributed by atoms with van der Waals surface area (Å²) in [6.45, 7) is 0.207. The minimum atomic E-state index is -1.21. The van der Waals surface area contributed by atoms with Crippen molar-refractivity contribution < 1.29 is 14.4 Å². The maximum absolute atomic E-state index is 11.8. The van der Waals surface area contributed by atoms with E-state index in [9.17, 15) is 9.90 Å². The summed E-state index contributed by atoms with van der Waals surface area (Å²) in [5.74, 6) is 0.454. The molecule has 0 fully saturated rings. The number of hydrogen-bond acceptors (Lipinski definition) is 4. The average molecular weight is 345 g/mol. The third kappa shape index (κ3) is 1.52. The minimum Gasteiger partial charge on any atom is -0.498 e. The molecule has 1 amide bonds. The van der Waals surface area contributed by atoms with Gasteiger partial charge in [0, 0.05) is 4.47 Å². The van der Waals surface area contributed by atoms with Crippen LogP contribution in [0.5, 0.6) is 0 Å². The monoisotopic (exact) mass is 344 g/mol. The number of aromatic nitrogens is 2. The highest BCUT2D eigenvalue weighted by Crippen LogP contribution is 2.36. The number of carbonyl (C=O) groups excluding carboxylic acids is 1. The zero-order valence-corrected chi connectivity index (χ0v) is 12.3. The van der Waals surface area contributed by atoms with E-state index in [0.717, 1.165) is 21.4 Å². The molecule has 0 saturated heterocycles. The molecule has 4 rings (SSSR count). The van der Waals surface area contributed by atoms with Gasteiger partial charge in [0.2, 0.25) is 5.84 Å². The molecule has 0 radical (unpaired) electrons. The van der Waals surface area contributed by atoms with E-state index in [2.05, 4.69) is 25.9 Å². The molecule has 2 aliphatic rings. The number of nitrogens with zero attached hydrogens (tertiary/aromatic N) is 4. The molecule has 0 bridgehead atoms. The molecule has 1 aromatic heterocycles. The van der Waals surface area contributed by atoms with E-state index in [-0.39, 0.29) is 6.54 Å². The Morgan fingerprint density at radius 3 is 3.10 bits per heavy atom. The fraction of sp³-hybridized carbons (Fsp3) is 0.0714. The second-order valence-corrected chi connectivity index (χ2v) is 5.79. The van der Waals surface area contributed by atoms with E-state index in [4.69, 9.17) is 0 Å². The number of amidine groups is 1. The van der Waals surface area contributed by atoms with Crippen LogP contribution in [0.4, 0.5) is 4.79 Å². The number of quaternary nitrogens is 1. The van der Waals surface area contributed by atoms with E-state index >= 15 is 0 Å². The minimum absolute atomic E-state index is 0.207. The van der Waals surface area contributed by atoms with E-state index in [1.807, 2.05) is 22.8 Å². The summed E-state index contributed by atoms with van der Waals surface area (Å²) >= 11 is 3.53. The zero-order chi connectivity index (χ0) is 14.6. The molecule has 0 spiro atoms. The summed E-state index contributed by atoms with van der Waals surface area (Å²) in [7, 11) is 0. The molecule has 3 heterocycles. The highest BCUT2D eigenvalue weighted by atomic mass is 79.9. The lowest BCUT2D eigenvalue weighted by atomic mass is 10.1. The summed E-state index contributed by atoms with van der Waals surface area (Å²) in [5.41, 5.74) is 2.37. The second kappa shape index (κ2) is 4.12. The van der Waals surface area contributed by atoms with Crippen LogP contribution in [0, 0.1) is 0 Å². The number of para-hydroxylation sites is 1. The van der Waals surface area contributed by atoms with Crippen LogP contribution >= 0.6 is 15.9 Å². The second-order valence-electron chi connectivity index (χ2n) is 4.93. The molecule has 1 atom stereocenters. The van der Waals surface area contributed by atoms with E-state index in [1.54, 1.807) is 12.5 Å². The summed E-state index contributed by atoms with van der Waals surface area (Å²) < 4.78 is 2.29. The van der Waals surface area contributed by atoms with Gasteiger partial charge in [0.1, 0.15) is 12.7 Å². The molecule has 7 heteroatoms. The number of carbonyl (C=O) groups is 1. The topological polar surface area (TPSA) is 70.3 Å². The van der Waals surface area contributed by atoms with Crippen LogP contribution in [0.15, 0.2) is 52.6 Å². The predicted molar refractivity (Wildman–Crippen MR) is 76.3 cm³/mol. The number of aliphatic imine (C=N–C) groups is 1. The Kier molecular flexibility index (Phi) is 2.45. The summed E-state index contributed by atoms with van der Waals surface area (Å²) in [4.78, 5) is 20.3. The number of rotatable bonds is 0. The molecule has 0 aliphatic carbocycles. The number of carboxylic acid groups (broad SMARTS) is 1. The van der Waals surface area contributed by atoms with Crippen LogP contribution in [-0.2, 0) is 6.54 Å². The van der Waals surface area contributed by atoms with Crippen molar-refractivity contribution in [3.05, 3.63) is 58.9 Å². The molecule has 1 unspecified atom stereocenters. The van der Waals surface area contributed by atoms with Crippen LogP contribution in [-0.4, -0.2) is 26.0 Å². The van der Waals surface area contributed by atoms with Crippen LogP contribution in [0.3, 0.4) is 0 Å². The number of hydrogen-bond donors (Lipinski definition) is 0. The average Bonchev–Trinajstić information content (AvgIpc) is 3.05. The van der Waals surface area contributed by atoms with Gasteiger partial charge in [-0.3, -0.25) is 4.57 Å². The maximum atomic E-state index is 11.8. The number of benzene rings is 1. The summed E-state index contributed by atoms with van der Waals surface area (Å²) in [6.07, 6.45) is 5.20. The molecule has 0 N–H and O–H groups in total. The Hall–Kier alpha value is -2.25. The number of fused-ring (bicyclic) bond motifs is 5. The molecule has 104 valence electrons. The van der Waals surface area contributed by atoms with Crippen LogP contribution < -0.4 is 5.11 Å². The first kappa shape index (κ1) is 12.5. The third-order valence-corrected chi connectivity index (χ3v) is 4.46. The van der Waals surface area contributed by atoms with E-state index in [0.29, 0.717) is 5.84 Å². The standard InChI is InChI=1S/C14H9BrN4O2/c15-11-3-1-2-10-12(11)18-8-16-6-9(18)7-19(14(20)21)5-4-17-13(10)19/h1-6,8H,7H2. The van der Waals surface area contributed by atoms with Gasteiger partial charge in [-0.15, -0.1) is 0 Å². The third-order valence-electron chi connectivity index (χ3n) is 3.82. The van der Waals surface area contributed by atoms with Gasteiger partial charge < -0.3 is 9.90 Å².